The number of hydrogen-bond donors (Lipinski definition) is 1. The summed E-state index contributed by atoms with van der Waals surface area (Å²) in [6.45, 7) is 5.82. The van der Waals surface area contributed by atoms with Crippen LogP contribution < -0.4 is 10.5 Å². The van der Waals surface area contributed by atoms with E-state index in [1.54, 1.807) is 0 Å². The number of aromatic nitrogens is 2. The van der Waals surface area contributed by atoms with E-state index >= 15 is 0 Å². The molecule has 0 spiro atoms. The van der Waals surface area contributed by atoms with E-state index in [1.807, 2.05) is 57.2 Å². The zero-order chi connectivity index (χ0) is 15.0. The normalized spacial score (nSPS) is 10.8. The molecule has 0 unspecified atom stereocenters. The van der Waals surface area contributed by atoms with E-state index in [4.69, 9.17) is 10.5 Å². The fraction of sp³-hybridized carbons (Fsp3) is 0.176. The molecule has 0 radical (unpaired) electrons. The molecule has 0 aliphatic rings. The maximum Gasteiger partial charge on any atom is 0.241 e. The Hall–Kier alpha value is -2.62. The summed E-state index contributed by atoms with van der Waals surface area (Å²) in [5.74, 6) is 1.29. The van der Waals surface area contributed by atoms with Crippen molar-refractivity contribution in [3.05, 3.63) is 53.2 Å². The van der Waals surface area contributed by atoms with Crippen LogP contribution in [-0.4, -0.2) is 9.97 Å². The summed E-state index contributed by atoms with van der Waals surface area (Å²) in [6, 6.07) is 11.6. The highest BCUT2D eigenvalue weighted by Crippen LogP contribution is 2.29. The number of nitrogen functional groups attached to an aromatic ring is 1. The number of benzene rings is 2. The van der Waals surface area contributed by atoms with Crippen molar-refractivity contribution in [2.24, 2.45) is 0 Å². The van der Waals surface area contributed by atoms with E-state index in [2.05, 4.69) is 9.97 Å². The van der Waals surface area contributed by atoms with Gasteiger partial charge in [0.2, 0.25) is 5.88 Å². The zero-order valence-corrected chi connectivity index (χ0v) is 12.3. The molecular formula is C17H17N3O. The maximum atomic E-state index is 5.95. The average Bonchev–Trinajstić information content (AvgIpc) is 2.45. The molecule has 0 aliphatic carbocycles. The minimum atomic E-state index is 0.529. The van der Waals surface area contributed by atoms with Crippen molar-refractivity contribution in [2.75, 3.05) is 5.73 Å². The highest BCUT2D eigenvalue weighted by Gasteiger charge is 2.10. The van der Waals surface area contributed by atoms with Crippen LogP contribution in [0.5, 0.6) is 11.6 Å². The van der Waals surface area contributed by atoms with Crippen LogP contribution in [0.2, 0.25) is 0 Å². The quantitative estimate of drug-likeness (QED) is 0.722. The number of aryl methyl sites for hydroxylation is 3. The molecule has 1 heterocycles. The van der Waals surface area contributed by atoms with E-state index < -0.39 is 0 Å². The monoisotopic (exact) mass is 279 g/mol. The number of hydrogen-bond acceptors (Lipinski definition) is 4. The van der Waals surface area contributed by atoms with Crippen molar-refractivity contribution in [3.63, 3.8) is 0 Å². The highest BCUT2D eigenvalue weighted by molar-refractivity contribution is 5.74. The van der Waals surface area contributed by atoms with Gasteiger partial charge in [-0.25, -0.2) is 9.97 Å². The van der Waals surface area contributed by atoms with Crippen molar-refractivity contribution in [1.29, 1.82) is 0 Å². The van der Waals surface area contributed by atoms with Gasteiger partial charge >= 0.3 is 0 Å². The van der Waals surface area contributed by atoms with Gasteiger partial charge in [-0.05, 0) is 56.2 Å². The predicted octanol–water partition coefficient (Wildman–Crippen LogP) is 3.93. The third-order valence-electron chi connectivity index (χ3n) is 3.47. The average molecular weight is 279 g/mol. The summed E-state index contributed by atoms with van der Waals surface area (Å²) < 4.78 is 5.95. The van der Waals surface area contributed by atoms with Crippen LogP contribution in [0.3, 0.4) is 0 Å². The highest BCUT2D eigenvalue weighted by atomic mass is 16.5. The molecule has 21 heavy (non-hydrogen) atoms. The third kappa shape index (κ3) is 2.52. The molecule has 4 heteroatoms. The van der Waals surface area contributed by atoms with E-state index in [0.717, 1.165) is 39.3 Å². The standard InChI is InChI=1S/C17H17N3O/c1-10-9-16(11(2)8-13(10)18)21-17-12(3)19-14-6-4-5-7-15(14)20-17/h4-9H,18H2,1-3H3. The van der Waals surface area contributed by atoms with Crippen molar-refractivity contribution in [1.82, 2.24) is 9.97 Å². The lowest BCUT2D eigenvalue weighted by atomic mass is 10.1. The van der Waals surface area contributed by atoms with Gasteiger partial charge in [0, 0.05) is 5.69 Å². The van der Waals surface area contributed by atoms with Crippen LogP contribution in [-0.2, 0) is 0 Å². The van der Waals surface area contributed by atoms with E-state index in [-0.39, 0.29) is 0 Å². The first-order valence-corrected chi connectivity index (χ1v) is 6.82. The van der Waals surface area contributed by atoms with Gasteiger partial charge in [0.05, 0.1) is 11.0 Å². The van der Waals surface area contributed by atoms with Crippen molar-refractivity contribution in [3.8, 4) is 11.6 Å². The smallest absolute Gasteiger partial charge is 0.241 e. The summed E-state index contributed by atoms with van der Waals surface area (Å²) in [4.78, 5) is 9.08. The van der Waals surface area contributed by atoms with Gasteiger partial charge in [-0.3, -0.25) is 0 Å². The van der Waals surface area contributed by atoms with Gasteiger partial charge in [-0.2, -0.15) is 0 Å². The first-order valence-electron chi connectivity index (χ1n) is 6.82. The number of ether oxygens (including phenoxy) is 1. The van der Waals surface area contributed by atoms with Gasteiger partial charge in [0.25, 0.3) is 0 Å². The zero-order valence-electron chi connectivity index (χ0n) is 12.3. The largest absolute Gasteiger partial charge is 0.437 e. The fourth-order valence-corrected chi connectivity index (χ4v) is 2.19. The Bertz CT molecular complexity index is 828. The van der Waals surface area contributed by atoms with E-state index in [0.29, 0.717) is 5.88 Å². The van der Waals surface area contributed by atoms with Gasteiger partial charge in [-0.15, -0.1) is 0 Å². The molecule has 2 N–H and O–H groups in total. The molecular weight excluding hydrogens is 262 g/mol. The Morgan fingerprint density at radius 2 is 1.57 bits per heavy atom. The Morgan fingerprint density at radius 1 is 0.905 bits per heavy atom. The van der Waals surface area contributed by atoms with Crippen LogP contribution in [0, 0.1) is 20.8 Å². The SMILES string of the molecule is Cc1cc(Oc2nc3ccccc3nc2C)c(C)cc1N. The fourth-order valence-electron chi connectivity index (χ4n) is 2.19. The van der Waals surface area contributed by atoms with Gasteiger partial charge < -0.3 is 10.5 Å². The van der Waals surface area contributed by atoms with Crippen LogP contribution in [0.25, 0.3) is 11.0 Å². The first kappa shape index (κ1) is 13.4. The second kappa shape index (κ2) is 5.05. The van der Waals surface area contributed by atoms with Crippen molar-refractivity contribution < 1.29 is 4.74 Å². The molecule has 0 saturated carbocycles. The molecule has 106 valence electrons. The van der Waals surface area contributed by atoms with Gasteiger partial charge in [-0.1, -0.05) is 12.1 Å². The van der Waals surface area contributed by atoms with Crippen LogP contribution in [0.1, 0.15) is 16.8 Å². The first-order chi connectivity index (χ1) is 10.0. The third-order valence-corrected chi connectivity index (χ3v) is 3.47. The van der Waals surface area contributed by atoms with E-state index in [9.17, 15) is 0 Å². The summed E-state index contributed by atoms with van der Waals surface area (Å²) in [7, 11) is 0. The Kier molecular flexibility index (Phi) is 3.22. The lowest BCUT2D eigenvalue weighted by molar-refractivity contribution is 0.454. The van der Waals surface area contributed by atoms with Crippen molar-refractivity contribution >= 4 is 16.7 Å². The van der Waals surface area contributed by atoms with Crippen LogP contribution in [0.15, 0.2) is 36.4 Å². The van der Waals surface area contributed by atoms with Crippen LogP contribution >= 0.6 is 0 Å². The molecule has 4 nitrogen and oxygen atoms in total. The van der Waals surface area contributed by atoms with Crippen molar-refractivity contribution in [2.45, 2.75) is 20.8 Å². The minimum Gasteiger partial charge on any atom is -0.437 e. The molecule has 0 aliphatic heterocycles. The number of nitrogens with zero attached hydrogens (tertiary/aromatic N) is 2. The number of fused-ring (bicyclic) bond motifs is 1. The minimum absolute atomic E-state index is 0.529. The number of rotatable bonds is 2. The molecule has 1 aromatic heterocycles. The molecule has 0 saturated heterocycles. The lowest BCUT2D eigenvalue weighted by Gasteiger charge is -2.12. The van der Waals surface area contributed by atoms with Gasteiger partial charge in [0.15, 0.2) is 0 Å². The Balaban J connectivity index is 2.05. The summed E-state index contributed by atoms with van der Waals surface area (Å²) in [6.07, 6.45) is 0. The Labute approximate surface area is 123 Å². The second-order valence-electron chi connectivity index (χ2n) is 5.18. The van der Waals surface area contributed by atoms with Gasteiger partial charge in [0.1, 0.15) is 11.4 Å². The number of anilines is 1. The summed E-state index contributed by atoms with van der Waals surface area (Å²) in [5.41, 5.74) is 11.1. The molecule has 2 aromatic carbocycles. The maximum absolute atomic E-state index is 5.95. The molecule has 0 atom stereocenters. The molecule has 3 aromatic rings. The molecule has 0 bridgehead atoms. The topological polar surface area (TPSA) is 61.0 Å². The Morgan fingerprint density at radius 3 is 2.29 bits per heavy atom. The molecule has 3 rings (SSSR count). The van der Waals surface area contributed by atoms with E-state index in [1.165, 1.54) is 0 Å². The molecule has 0 amide bonds. The number of para-hydroxylation sites is 2. The lowest BCUT2D eigenvalue weighted by Crippen LogP contribution is -1.98. The summed E-state index contributed by atoms with van der Waals surface area (Å²) in [5, 5.41) is 0. The predicted molar refractivity (Wildman–Crippen MR) is 84.7 cm³/mol. The number of nitrogens with two attached hydrogens (primary N) is 1. The molecule has 0 fully saturated rings. The second-order valence-corrected chi connectivity index (χ2v) is 5.18. The van der Waals surface area contributed by atoms with Crippen LogP contribution in [0.4, 0.5) is 5.69 Å². The summed E-state index contributed by atoms with van der Waals surface area (Å²) >= 11 is 0.